The van der Waals surface area contributed by atoms with E-state index < -0.39 is 17.9 Å². The number of methoxy groups -OCH3 is 2. The Hall–Kier alpha value is -0.650. The van der Waals surface area contributed by atoms with Crippen LogP contribution in [0.3, 0.4) is 0 Å². The molecule has 78 valence electrons. The molecule has 0 amide bonds. The number of hydrogen-bond donors (Lipinski definition) is 2. The van der Waals surface area contributed by atoms with Crippen LogP contribution in [0.4, 0.5) is 0 Å². The average Bonchev–Trinajstić information content (AvgIpc) is 1.97. The molecule has 0 bridgehead atoms. The summed E-state index contributed by atoms with van der Waals surface area (Å²) in [5.41, 5.74) is -1.30. The van der Waals surface area contributed by atoms with Gasteiger partial charge >= 0.3 is 5.97 Å². The standard InChI is InChI=1S/C8H16O5/c1-8(11,4-6(9)10)5-7(12-2)13-3/h7,11H,4-5H2,1-3H3,(H,9,10). The van der Waals surface area contributed by atoms with Gasteiger partial charge in [-0.2, -0.15) is 0 Å². The van der Waals surface area contributed by atoms with Crippen LogP contribution >= 0.6 is 0 Å². The van der Waals surface area contributed by atoms with E-state index in [4.69, 9.17) is 14.6 Å². The maximum absolute atomic E-state index is 10.3. The molecule has 0 radical (unpaired) electrons. The Kier molecular flexibility index (Phi) is 4.90. The number of aliphatic carboxylic acids is 1. The van der Waals surface area contributed by atoms with Crippen molar-refractivity contribution in [3.05, 3.63) is 0 Å². The molecule has 0 saturated carbocycles. The number of carbonyl (C=O) groups is 1. The number of aliphatic hydroxyl groups is 1. The first-order valence-electron chi connectivity index (χ1n) is 3.91. The Labute approximate surface area is 77.3 Å². The van der Waals surface area contributed by atoms with Crippen molar-refractivity contribution in [2.45, 2.75) is 31.7 Å². The van der Waals surface area contributed by atoms with Crippen LogP contribution in [0.15, 0.2) is 0 Å². The lowest BCUT2D eigenvalue weighted by Crippen LogP contribution is -2.34. The highest BCUT2D eigenvalue weighted by Crippen LogP contribution is 2.18. The maximum Gasteiger partial charge on any atom is 0.306 e. The number of rotatable bonds is 6. The molecule has 0 aliphatic carbocycles. The number of carboxylic acid groups (broad SMARTS) is 1. The topological polar surface area (TPSA) is 76.0 Å². The molecule has 0 aromatic rings. The minimum atomic E-state index is -1.30. The van der Waals surface area contributed by atoms with Crippen LogP contribution in [0.25, 0.3) is 0 Å². The van der Waals surface area contributed by atoms with E-state index in [2.05, 4.69) is 0 Å². The van der Waals surface area contributed by atoms with Gasteiger partial charge in [0.25, 0.3) is 0 Å². The quantitative estimate of drug-likeness (QED) is 0.589. The Morgan fingerprint density at radius 1 is 1.46 bits per heavy atom. The molecular formula is C8H16O5. The van der Waals surface area contributed by atoms with Crippen LogP contribution in [-0.2, 0) is 14.3 Å². The van der Waals surface area contributed by atoms with Gasteiger partial charge < -0.3 is 19.7 Å². The van der Waals surface area contributed by atoms with Gasteiger partial charge in [-0.1, -0.05) is 0 Å². The molecule has 0 aromatic heterocycles. The van der Waals surface area contributed by atoms with Crippen molar-refractivity contribution in [1.82, 2.24) is 0 Å². The SMILES string of the molecule is COC(CC(C)(O)CC(=O)O)OC. The summed E-state index contributed by atoms with van der Waals surface area (Å²) in [5.74, 6) is -1.05. The van der Waals surface area contributed by atoms with Crippen molar-refractivity contribution in [3.63, 3.8) is 0 Å². The largest absolute Gasteiger partial charge is 0.481 e. The number of hydrogen-bond acceptors (Lipinski definition) is 4. The molecule has 5 nitrogen and oxygen atoms in total. The van der Waals surface area contributed by atoms with Crippen LogP contribution in [0, 0.1) is 0 Å². The molecule has 5 heteroatoms. The Balaban J connectivity index is 4.05. The third kappa shape index (κ3) is 5.57. The molecule has 0 aliphatic heterocycles. The van der Waals surface area contributed by atoms with E-state index in [9.17, 15) is 9.90 Å². The van der Waals surface area contributed by atoms with Crippen LogP contribution in [0.2, 0.25) is 0 Å². The molecule has 0 heterocycles. The Bertz CT molecular complexity index is 162. The average molecular weight is 192 g/mol. The predicted molar refractivity (Wildman–Crippen MR) is 45.3 cm³/mol. The van der Waals surface area contributed by atoms with Gasteiger partial charge in [-0.3, -0.25) is 4.79 Å². The van der Waals surface area contributed by atoms with Crippen molar-refractivity contribution in [2.24, 2.45) is 0 Å². The minimum Gasteiger partial charge on any atom is -0.481 e. The maximum atomic E-state index is 10.3. The fourth-order valence-corrected chi connectivity index (χ4v) is 1.02. The monoisotopic (exact) mass is 192 g/mol. The van der Waals surface area contributed by atoms with Crippen LogP contribution in [-0.4, -0.2) is 42.3 Å². The second kappa shape index (κ2) is 5.16. The summed E-state index contributed by atoms with van der Waals surface area (Å²) in [6, 6.07) is 0. The van der Waals surface area contributed by atoms with Gasteiger partial charge in [0.2, 0.25) is 0 Å². The van der Waals surface area contributed by atoms with Gasteiger partial charge in [0.15, 0.2) is 6.29 Å². The summed E-state index contributed by atoms with van der Waals surface area (Å²) >= 11 is 0. The first-order valence-corrected chi connectivity index (χ1v) is 3.91. The summed E-state index contributed by atoms with van der Waals surface area (Å²) in [6.45, 7) is 1.44. The van der Waals surface area contributed by atoms with E-state index in [1.165, 1.54) is 21.1 Å². The van der Waals surface area contributed by atoms with Gasteiger partial charge in [-0.15, -0.1) is 0 Å². The normalized spacial score (nSPS) is 15.8. The summed E-state index contributed by atoms with van der Waals surface area (Å²) in [6.07, 6.45) is -0.767. The van der Waals surface area contributed by atoms with Crippen molar-refractivity contribution >= 4 is 5.97 Å². The summed E-state index contributed by atoms with van der Waals surface area (Å²) in [4.78, 5) is 10.3. The van der Waals surface area contributed by atoms with Crippen LogP contribution < -0.4 is 0 Å². The zero-order valence-electron chi connectivity index (χ0n) is 8.11. The lowest BCUT2D eigenvalue weighted by molar-refractivity contribution is -0.155. The lowest BCUT2D eigenvalue weighted by Gasteiger charge is -2.25. The minimum absolute atomic E-state index is 0.131. The van der Waals surface area contributed by atoms with Crippen LogP contribution in [0.5, 0.6) is 0 Å². The van der Waals surface area contributed by atoms with E-state index >= 15 is 0 Å². The summed E-state index contributed by atoms with van der Waals surface area (Å²) in [5, 5.41) is 18.0. The zero-order valence-corrected chi connectivity index (χ0v) is 8.11. The van der Waals surface area contributed by atoms with E-state index in [1.54, 1.807) is 0 Å². The predicted octanol–water partition coefficient (Wildman–Crippen LogP) is 0.221. The molecule has 1 atom stereocenters. The first-order chi connectivity index (χ1) is 5.91. The highest BCUT2D eigenvalue weighted by atomic mass is 16.7. The van der Waals surface area contributed by atoms with Crippen molar-refractivity contribution < 1.29 is 24.5 Å². The Morgan fingerprint density at radius 2 is 1.92 bits per heavy atom. The number of ether oxygens (including phenoxy) is 2. The van der Waals surface area contributed by atoms with E-state index in [-0.39, 0.29) is 12.8 Å². The van der Waals surface area contributed by atoms with E-state index in [0.29, 0.717) is 0 Å². The van der Waals surface area contributed by atoms with Crippen LogP contribution in [0.1, 0.15) is 19.8 Å². The van der Waals surface area contributed by atoms with Crippen molar-refractivity contribution in [1.29, 1.82) is 0 Å². The molecule has 0 saturated heterocycles. The fourth-order valence-electron chi connectivity index (χ4n) is 1.02. The molecule has 0 fully saturated rings. The fraction of sp³-hybridized carbons (Fsp3) is 0.875. The van der Waals surface area contributed by atoms with Gasteiger partial charge in [0, 0.05) is 20.6 Å². The molecule has 0 spiro atoms. The molecule has 2 N–H and O–H groups in total. The van der Waals surface area contributed by atoms with E-state index in [0.717, 1.165) is 0 Å². The van der Waals surface area contributed by atoms with Gasteiger partial charge in [-0.25, -0.2) is 0 Å². The molecule has 1 unspecified atom stereocenters. The smallest absolute Gasteiger partial charge is 0.306 e. The van der Waals surface area contributed by atoms with E-state index in [1.807, 2.05) is 0 Å². The second-order valence-corrected chi connectivity index (χ2v) is 3.17. The highest BCUT2D eigenvalue weighted by molar-refractivity contribution is 5.67. The van der Waals surface area contributed by atoms with Crippen molar-refractivity contribution in [3.8, 4) is 0 Å². The third-order valence-corrected chi connectivity index (χ3v) is 1.66. The summed E-state index contributed by atoms with van der Waals surface area (Å²) in [7, 11) is 2.87. The first kappa shape index (κ1) is 12.3. The summed E-state index contributed by atoms with van der Waals surface area (Å²) < 4.78 is 9.68. The van der Waals surface area contributed by atoms with Gasteiger partial charge in [0.05, 0.1) is 12.0 Å². The zero-order chi connectivity index (χ0) is 10.5. The lowest BCUT2D eigenvalue weighted by atomic mass is 9.98. The second-order valence-electron chi connectivity index (χ2n) is 3.17. The van der Waals surface area contributed by atoms with Gasteiger partial charge in [-0.05, 0) is 6.92 Å². The van der Waals surface area contributed by atoms with Crippen molar-refractivity contribution in [2.75, 3.05) is 14.2 Å². The Morgan fingerprint density at radius 3 is 2.23 bits per heavy atom. The molecule has 0 aliphatic rings. The molecule has 13 heavy (non-hydrogen) atoms. The van der Waals surface area contributed by atoms with Gasteiger partial charge in [0.1, 0.15) is 0 Å². The number of carboxylic acids is 1. The molecule has 0 rings (SSSR count). The highest BCUT2D eigenvalue weighted by Gasteiger charge is 2.28. The molecular weight excluding hydrogens is 176 g/mol. The molecule has 0 aromatic carbocycles. The third-order valence-electron chi connectivity index (χ3n) is 1.66.